The van der Waals surface area contributed by atoms with Gasteiger partial charge in [0.05, 0.1) is 12.5 Å². The number of piperidine rings is 1. The Kier molecular flexibility index (Phi) is 5.88. The number of nitrogens with zero attached hydrogens (tertiary/aromatic N) is 1. The average Bonchev–Trinajstić information content (AvgIpc) is 2.52. The molecular formula is C19H26ClNO2. The van der Waals surface area contributed by atoms with Gasteiger partial charge >= 0.3 is 5.97 Å². The molecule has 1 fully saturated rings. The molecule has 3 aliphatic rings. The van der Waals surface area contributed by atoms with Crippen LogP contribution in [-0.2, 0) is 16.1 Å². The summed E-state index contributed by atoms with van der Waals surface area (Å²) in [7, 11) is 0. The van der Waals surface area contributed by atoms with Crippen LogP contribution in [-0.4, -0.2) is 29.6 Å². The summed E-state index contributed by atoms with van der Waals surface area (Å²) in [6, 6.07) is 11.1. The maximum absolute atomic E-state index is 12.3. The van der Waals surface area contributed by atoms with Crippen molar-refractivity contribution in [2.24, 2.45) is 11.8 Å². The predicted octanol–water partition coefficient (Wildman–Crippen LogP) is 3.83. The van der Waals surface area contributed by atoms with Crippen LogP contribution in [0.3, 0.4) is 0 Å². The smallest absolute Gasteiger partial charge is 0.310 e. The zero-order valence-corrected chi connectivity index (χ0v) is 14.9. The highest BCUT2D eigenvalue weighted by Gasteiger charge is 2.47. The summed E-state index contributed by atoms with van der Waals surface area (Å²) in [6.45, 7) is 7.73. The molecule has 2 heterocycles. The van der Waals surface area contributed by atoms with Crippen molar-refractivity contribution in [3.63, 3.8) is 0 Å². The van der Waals surface area contributed by atoms with Crippen LogP contribution in [0, 0.1) is 11.8 Å². The molecule has 23 heavy (non-hydrogen) atoms. The topological polar surface area (TPSA) is 29.5 Å². The molecule has 4 atom stereocenters. The maximum Gasteiger partial charge on any atom is 0.310 e. The van der Waals surface area contributed by atoms with Crippen molar-refractivity contribution >= 4 is 18.4 Å². The molecule has 0 N–H and O–H groups in total. The van der Waals surface area contributed by atoms with Crippen LogP contribution in [0.25, 0.3) is 0 Å². The van der Waals surface area contributed by atoms with E-state index < -0.39 is 0 Å². The van der Waals surface area contributed by atoms with E-state index >= 15 is 0 Å². The first-order chi connectivity index (χ1) is 10.6. The van der Waals surface area contributed by atoms with Crippen molar-refractivity contribution in [2.75, 3.05) is 6.61 Å². The number of fused-ring (bicyclic) bond motifs is 2. The lowest BCUT2D eigenvalue weighted by Gasteiger charge is -2.52. The van der Waals surface area contributed by atoms with Gasteiger partial charge in [-0.2, -0.15) is 0 Å². The van der Waals surface area contributed by atoms with E-state index in [1.165, 1.54) is 11.1 Å². The average molecular weight is 336 g/mol. The summed E-state index contributed by atoms with van der Waals surface area (Å²) in [5, 5.41) is 0. The van der Waals surface area contributed by atoms with Crippen molar-refractivity contribution < 1.29 is 9.53 Å². The number of rotatable bonds is 4. The molecule has 0 amide bonds. The molecule has 1 aromatic carbocycles. The first kappa shape index (κ1) is 18.0. The maximum atomic E-state index is 12.3. The molecule has 3 nitrogen and oxygen atoms in total. The Morgan fingerprint density at radius 1 is 1.30 bits per heavy atom. The zero-order valence-electron chi connectivity index (χ0n) is 14.1. The molecule has 0 aromatic heterocycles. The standard InChI is InChI=1S/C19H25NO2.ClH/c1-4-22-19(21)17-11-16-13(2)10-18(17)20(14(16)3)12-15-8-6-5-7-9-15;/h5-10,14,16-18H,4,11-12H2,1-3H3;1H. The number of benzene rings is 1. The number of halogens is 1. The van der Waals surface area contributed by atoms with Gasteiger partial charge in [0.1, 0.15) is 0 Å². The molecule has 0 radical (unpaired) electrons. The fourth-order valence-corrected chi connectivity index (χ4v) is 4.04. The van der Waals surface area contributed by atoms with Crippen LogP contribution in [0.2, 0.25) is 0 Å². The number of hydrogen-bond donors (Lipinski definition) is 0. The molecule has 1 aliphatic carbocycles. The molecule has 0 spiro atoms. The Bertz CT molecular complexity index is 572. The fraction of sp³-hybridized carbons (Fsp3) is 0.526. The van der Waals surface area contributed by atoms with Crippen LogP contribution >= 0.6 is 12.4 Å². The summed E-state index contributed by atoms with van der Waals surface area (Å²) >= 11 is 0. The fourth-order valence-electron chi connectivity index (χ4n) is 4.04. The summed E-state index contributed by atoms with van der Waals surface area (Å²) in [5.41, 5.74) is 2.73. The summed E-state index contributed by atoms with van der Waals surface area (Å²) in [6.07, 6.45) is 3.22. The van der Waals surface area contributed by atoms with Gasteiger partial charge < -0.3 is 4.74 Å². The Labute approximate surface area is 145 Å². The van der Waals surface area contributed by atoms with Crippen LogP contribution in [0.1, 0.15) is 32.8 Å². The van der Waals surface area contributed by atoms with Crippen molar-refractivity contribution in [2.45, 2.75) is 45.8 Å². The van der Waals surface area contributed by atoms with E-state index in [0.717, 1.165) is 13.0 Å². The molecule has 4 rings (SSSR count). The van der Waals surface area contributed by atoms with E-state index in [2.05, 4.69) is 49.1 Å². The quantitative estimate of drug-likeness (QED) is 0.618. The number of carbonyl (C=O) groups excluding carboxylic acids is 1. The number of hydrogen-bond acceptors (Lipinski definition) is 3. The molecule has 126 valence electrons. The number of esters is 1. The molecule has 4 unspecified atom stereocenters. The van der Waals surface area contributed by atoms with Gasteiger partial charge in [-0.25, -0.2) is 0 Å². The zero-order chi connectivity index (χ0) is 15.7. The highest BCUT2D eigenvalue weighted by atomic mass is 35.5. The Balaban J connectivity index is 0.00000192. The molecule has 1 aromatic rings. The van der Waals surface area contributed by atoms with Crippen molar-refractivity contribution in [3.8, 4) is 0 Å². The number of ether oxygens (including phenoxy) is 1. The molecule has 4 heteroatoms. The lowest BCUT2D eigenvalue weighted by atomic mass is 9.70. The normalized spacial score (nSPS) is 29.6. The van der Waals surface area contributed by atoms with E-state index in [-0.39, 0.29) is 30.3 Å². The predicted molar refractivity (Wildman–Crippen MR) is 94.5 cm³/mol. The number of carbonyl (C=O) groups is 1. The van der Waals surface area contributed by atoms with Gasteiger partial charge in [0.25, 0.3) is 0 Å². The molecule has 2 aliphatic heterocycles. The third-order valence-electron chi connectivity index (χ3n) is 5.22. The minimum atomic E-state index is -0.0359. The Morgan fingerprint density at radius 2 is 2.00 bits per heavy atom. The van der Waals surface area contributed by atoms with E-state index in [1.54, 1.807) is 0 Å². The monoisotopic (exact) mass is 335 g/mol. The van der Waals surface area contributed by atoms with Crippen LogP contribution < -0.4 is 0 Å². The molecule has 0 saturated carbocycles. The summed E-state index contributed by atoms with van der Waals surface area (Å²) in [4.78, 5) is 14.8. The van der Waals surface area contributed by atoms with Gasteiger partial charge in [-0.3, -0.25) is 9.69 Å². The van der Waals surface area contributed by atoms with Crippen LogP contribution in [0.15, 0.2) is 42.0 Å². The Morgan fingerprint density at radius 3 is 2.65 bits per heavy atom. The highest BCUT2D eigenvalue weighted by molar-refractivity contribution is 5.85. The second-order valence-electron chi connectivity index (χ2n) is 6.50. The highest BCUT2D eigenvalue weighted by Crippen LogP contribution is 2.43. The first-order valence-electron chi connectivity index (χ1n) is 8.26. The molecular weight excluding hydrogens is 310 g/mol. The minimum absolute atomic E-state index is 0. The van der Waals surface area contributed by atoms with Crippen LogP contribution in [0.4, 0.5) is 0 Å². The van der Waals surface area contributed by atoms with Crippen molar-refractivity contribution in [1.29, 1.82) is 0 Å². The second kappa shape index (κ2) is 7.50. The van der Waals surface area contributed by atoms with Gasteiger partial charge in [0.2, 0.25) is 0 Å². The first-order valence-corrected chi connectivity index (χ1v) is 8.26. The summed E-state index contributed by atoms with van der Waals surface area (Å²) in [5.74, 6) is 0.405. The van der Waals surface area contributed by atoms with Crippen molar-refractivity contribution in [3.05, 3.63) is 47.5 Å². The lowest BCUT2D eigenvalue weighted by molar-refractivity contribution is -0.154. The lowest BCUT2D eigenvalue weighted by Crippen LogP contribution is -2.58. The van der Waals surface area contributed by atoms with Gasteiger partial charge in [0.15, 0.2) is 0 Å². The second-order valence-corrected chi connectivity index (χ2v) is 6.50. The van der Waals surface area contributed by atoms with E-state index in [1.807, 2.05) is 13.0 Å². The van der Waals surface area contributed by atoms with Gasteiger partial charge in [0, 0.05) is 18.6 Å². The van der Waals surface area contributed by atoms with E-state index in [9.17, 15) is 4.79 Å². The molecule has 2 bridgehead atoms. The molecule has 1 saturated heterocycles. The third-order valence-corrected chi connectivity index (χ3v) is 5.22. The van der Waals surface area contributed by atoms with Crippen LogP contribution in [0.5, 0.6) is 0 Å². The van der Waals surface area contributed by atoms with Gasteiger partial charge in [-0.05, 0) is 38.7 Å². The minimum Gasteiger partial charge on any atom is -0.466 e. The van der Waals surface area contributed by atoms with Gasteiger partial charge in [-0.1, -0.05) is 42.0 Å². The Hall–Kier alpha value is -1.32. The van der Waals surface area contributed by atoms with Gasteiger partial charge in [-0.15, -0.1) is 12.4 Å². The van der Waals surface area contributed by atoms with E-state index in [4.69, 9.17) is 4.74 Å². The SMILES string of the molecule is CCOC(=O)C1CC2C(C)=CC1N(Cc1ccccc1)C2C.Cl. The summed E-state index contributed by atoms with van der Waals surface area (Å²) < 4.78 is 5.31. The third kappa shape index (κ3) is 3.46. The van der Waals surface area contributed by atoms with E-state index in [0.29, 0.717) is 18.6 Å². The largest absolute Gasteiger partial charge is 0.466 e. The van der Waals surface area contributed by atoms with Crippen molar-refractivity contribution in [1.82, 2.24) is 4.90 Å².